The molecular weight excluding hydrogens is 176 g/mol. The number of rotatable bonds is 6. The Morgan fingerprint density at radius 2 is 2.00 bits per heavy atom. The second kappa shape index (κ2) is 7.30. The average Bonchev–Trinajstić information content (AvgIpc) is 2.01. The largest absolute Gasteiger partial charge is 0.157 e. The summed E-state index contributed by atoms with van der Waals surface area (Å²) in [7, 11) is 0. The highest BCUT2D eigenvalue weighted by Crippen LogP contribution is 2.18. The summed E-state index contributed by atoms with van der Waals surface area (Å²) in [6, 6.07) is 0. The molecule has 0 heterocycles. The van der Waals surface area contributed by atoms with Crippen LogP contribution in [0.1, 0.15) is 33.6 Å². The molecule has 0 aliphatic carbocycles. The second-order valence-corrected chi connectivity index (χ2v) is 4.97. The zero-order chi connectivity index (χ0) is 8.69. The summed E-state index contributed by atoms with van der Waals surface area (Å²) in [4.78, 5) is 0. The van der Waals surface area contributed by atoms with Crippen molar-refractivity contribution in [2.75, 3.05) is 11.6 Å². The van der Waals surface area contributed by atoms with Crippen LogP contribution in [-0.2, 0) is 0 Å². The maximum atomic E-state index is 5.69. The van der Waals surface area contributed by atoms with Crippen molar-refractivity contribution in [2.24, 2.45) is 5.92 Å². The molecular formula is C9H19ClS. The van der Waals surface area contributed by atoms with Crippen LogP contribution in [0.15, 0.2) is 0 Å². The van der Waals surface area contributed by atoms with Crippen LogP contribution in [0.25, 0.3) is 0 Å². The fourth-order valence-corrected chi connectivity index (χ4v) is 2.13. The Morgan fingerprint density at radius 1 is 1.36 bits per heavy atom. The number of hydrogen-bond donors (Lipinski definition) is 0. The molecule has 0 saturated heterocycles. The maximum Gasteiger partial charge on any atom is 0.0339 e. The summed E-state index contributed by atoms with van der Waals surface area (Å²) in [6.07, 6.45) is 2.65. The lowest BCUT2D eigenvalue weighted by molar-refractivity contribution is 0.584. The molecule has 0 saturated carbocycles. The van der Waals surface area contributed by atoms with Gasteiger partial charge in [-0.3, -0.25) is 0 Å². The molecule has 0 aromatic heterocycles. The van der Waals surface area contributed by atoms with Crippen LogP contribution < -0.4 is 0 Å². The van der Waals surface area contributed by atoms with Crippen molar-refractivity contribution in [2.45, 2.75) is 38.9 Å². The zero-order valence-corrected chi connectivity index (χ0v) is 9.34. The first-order chi connectivity index (χ1) is 5.20. The first-order valence-corrected chi connectivity index (χ1v) is 5.96. The van der Waals surface area contributed by atoms with Crippen molar-refractivity contribution in [3.63, 3.8) is 0 Å². The topological polar surface area (TPSA) is 0 Å². The molecule has 0 aliphatic rings. The van der Waals surface area contributed by atoms with Crippen LogP contribution in [0, 0.1) is 5.92 Å². The summed E-state index contributed by atoms with van der Waals surface area (Å²) in [5.74, 6) is 2.90. The third kappa shape index (κ3) is 7.02. The highest BCUT2D eigenvalue weighted by molar-refractivity contribution is 7.99. The number of thioether (sulfide) groups is 1. The first-order valence-electron chi connectivity index (χ1n) is 4.38. The molecule has 0 aliphatic heterocycles. The van der Waals surface area contributed by atoms with E-state index in [1.807, 2.05) is 11.8 Å². The van der Waals surface area contributed by atoms with Gasteiger partial charge in [-0.05, 0) is 11.7 Å². The molecule has 68 valence electrons. The Morgan fingerprint density at radius 3 is 2.45 bits per heavy atom. The van der Waals surface area contributed by atoms with Crippen LogP contribution in [-0.4, -0.2) is 16.9 Å². The van der Waals surface area contributed by atoms with Gasteiger partial charge in [0.25, 0.3) is 0 Å². The Labute approximate surface area is 80.1 Å². The predicted molar refractivity (Wildman–Crippen MR) is 56.7 cm³/mol. The first kappa shape index (κ1) is 11.6. The molecule has 0 nitrogen and oxygen atoms in total. The molecule has 2 heteroatoms. The van der Waals surface area contributed by atoms with Gasteiger partial charge in [0.1, 0.15) is 0 Å². The second-order valence-electron chi connectivity index (χ2n) is 3.19. The van der Waals surface area contributed by atoms with E-state index >= 15 is 0 Å². The van der Waals surface area contributed by atoms with E-state index in [9.17, 15) is 0 Å². The van der Waals surface area contributed by atoms with Crippen molar-refractivity contribution in [3.8, 4) is 0 Å². The van der Waals surface area contributed by atoms with Gasteiger partial charge < -0.3 is 0 Å². The summed E-state index contributed by atoms with van der Waals surface area (Å²) in [5.41, 5.74) is 0. The minimum Gasteiger partial charge on any atom is -0.157 e. The normalized spacial score (nSPS) is 16.4. The fourth-order valence-electron chi connectivity index (χ4n) is 0.949. The van der Waals surface area contributed by atoms with Crippen molar-refractivity contribution in [1.82, 2.24) is 0 Å². The monoisotopic (exact) mass is 194 g/mol. The van der Waals surface area contributed by atoms with E-state index in [0.717, 1.165) is 11.8 Å². The molecule has 0 spiro atoms. The highest BCUT2D eigenvalue weighted by Gasteiger charge is 2.04. The molecule has 2 unspecified atom stereocenters. The van der Waals surface area contributed by atoms with Crippen LogP contribution in [0.2, 0.25) is 0 Å². The van der Waals surface area contributed by atoms with E-state index in [1.54, 1.807) is 0 Å². The quantitative estimate of drug-likeness (QED) is 0.580. The summed E-state index contributed by atoms with van der Waals surface area (Å²) in [6.45, 7) is 6.75. The Balaban J connectivity index is 3.22. The van der Waals surface area contributed by atoms with Crippen LogP contribution in [0.4, 0.5) is 0 Å². The minimum atomic E-state index is 0.621. The molecule has 2 atom stereocenters. The lowest BCUT2D eigenvalue weighted by atomic mass is 10.1. The summed E-state index contributed by atoms with van der Waals surface area (Å²) >= 11 is 7.68. The van der Waals surface area contributed by atoms with Gasteiger partial charge in [0.2, 0.25) is 0 Å². The molecule has 0 bridgehead atoms. The Bertz CT molecular complexity index is 85.6. The summed E-state index contributed by atoms with van der Waals surface area (Å²) < 4.78 is 0. The number of alkyl halides is 1. The maximum absolute atomic E-state index is 5.69. The third-order valence-electron chi connectivity index (χ3n) is 1.66. The predicted octanol–water partition coefficient (Wildman–Crippen LogP) is 3.78. The van der Waals surface area contributed by atoms with Crippen LogP contribution in [0.5, 0.6) is 0 Å². The van der Waals surface area contributed by atoms with E-state index in [1.165, 1.54) is 18.6 Å². The molecule has 0 N–H and O–H groups in total. The van der Waals surface area contributed by atoms with Gasteiger partial charge in [0.15, 0.2) is 0 Å². The molecule has 0 rings (SSSR count). The molecule has 0 amide bonds. The van der Waals surface area contributed by atoms with Gasteiger partial charge in [-0.25, -0.2) is 0 Å². The molecule has 0 radical (unpaired) electrons. The Kier molecular flexibility index (Phi) is 7.72. The van der Waals surface area contributed by atoms with Gasteiger partial charge >= 0.3 is 0 Å². The molecule has 0 fully saturated rings. The van der Waals surface area contributed by atoms with E-state index in [-0.39, 0.29) is 0 Å². The lowest BCUT2D eigenvalue weighted by Gasteiger charge is -2.12. The fraction of sp³-hybridized carbons (Fsp3) is 1.00. The molecule has 0 aromatic rings. The summed E-state index contributed by atoms with van der Waals surface area (Å²) in [5, 5.41) is 0.621. The molecule has 11 heavy (non-hydrogen) atoms. The molecule has 0 aromatic carbocycles. The van der Waals surface area contributed by atoms with Crippen molar-refractivity contribution < 1.29 is 0 Å². The average molecular weight is 195 g/mol. The highest BCUT2D eigenvalue weighted by atomic mass is 35.5. The Hall–Kier alpha value is 0.640. The van der Waals surface area contributed by atoms with Gasteiger partial charge in [0, 0.05) is 11.1 Å². The van der Waals surface area contributed by atoms with Crippen LogP contribution >= 0.6 is 23.4 Å². The SMILES string of the molecule is CCCC(C)CSC(C)CCl. The van der Waals surface area contributed by atoms with Gasteiger partial charge in [-0.15, -0.1) is 11.6 Å². The van der Waals surface area contributed by atoms with E-state index < -0.39 is 0 Å². The van der Waals surface area contributed by atoms with Gasteiger partial charge in [-0.1, -0.05) is 33.6 Å². The smallest absolute Gasteiger partial charge is 0.0339 e. The van der Waals surface area contributed by atoms with E-state index in [0.29, 0.717) is 5.25 Å². The van der Waals surface area contributed by atoms with Crippen LogP contribution in [0.3, 0.4) is 0 Å². The number of hydrogen-bond acceptors (Lipinski definition) is 1. The van der Waals surface area contributed by atoms with Gasteiger partial charge in [-0.2, -0.15) is 11.8 Å². The standard InChI is InChI=1S/C9H19ClS/c1-4-5-8(2)7-11-9(3)6-10/h8-9H,4-7H2,1-3H3. The lowest BCUT2D eigenvalue weighted by Crippen LogP contribution is -2.04. The van der Waals surface area contributed by atoms with Crippen molar-refractivity contribution in [3.05, 3.63) is 0 Å². The third-order valence-corrected chi connectivity index (χ3v) is 3.81. The minimum absolute atomic E-state index is 0.621. The van der Waals surface area contributed by atoms with E-state index in [4.69, 9.17) is 11.6 Å². The van der Waals surface area contributed by atoms with Crippen molar-refractivity contribution in [1.29, 1.82) is 0 Å². The van der Waals surface area contributed by atoms with Crippen molar-refractivity contribution >= 4 is 23.4 Å². The van der Waals surface area contributed by atoms with Gasteiger partial charge in [0.05, 0.1) is 0 Å². The zero-order valence-electron chi connectivity index (χ0n) is 7.77. The van der Waals surface area contributed by atoms with E-state index in [2.05, 4.69) is 20.8 Å². The number of halogens is 1.